The third kappa shape index (κ3) is 2.18. The Morgan fingerprint density at radius 3 is 2.41 bits per heavy atom. The number of carbonyl (C=O) groups is 2. The highest BCUT2D eigenvalue weighted by Crippen LogP contribution is 2.21. The molecule has 0 spiro atoms. The smallest absolute Gasteiger partial charge is 0.355 e. The highest BCUT2D eigenvalue weighted by molar-refractivity contribution is 6.01. The fourth-order valence-corrected chi connectivity index (χ4v) is 1.93. The number of nitrogens with one attached hydrogen (secondary N) is 1. The lowest BCUT2D eigenvalue weighted by molar-refractivity contribution is 0.0514. The molecule has 5 nitrogen and oxygen atoms in total. The van der Waals surface area contributed by atoms with Gasteiger partial charge in [-0.05, 0) is 26.3 Å². The maximum absolute atomic E-state index is 11.8. The second-order valence-electron chi connectivity index (χ2n) is 3.79. The van der Waals surface area contributed by atoms with Gasteiger partial charge < -0.3 is 14.6 Å². The summed E-state index contributed by atoms with van der Waals surface area (Å²) in [5.41, 5.74) is 2.38. The van der Waals surface area contributed by atoms with Crippen LogP contribution in [0, 0.1) is 13.8 Å². The largest absolute Gasteiger partial charge is 0.461 e. The van der Waals surface area contributed by atoms with E-state index in [1.807, 2.05) is 0 Å². The van der Waals surface area contributed by atoms with Crippen LogP contribution in [0.2, 0.25) is 0 Å². The van der Waals surface area contributed by atoms with Gasteiger partial charge in [-0.15, -0.1) is 0 Å². The van der Waals surface area contributed by atoms with Crippen LogP contribution in [0.5, 0.6) is 0 Å². The number of esters is 1. The average Bonchev–Trinajstić information content (AvgIpc) is 2.50. The van der Waals surface area contributed by atoms with Gasteiger partial charge in [0.2, 0.25) is 0 Å². The monoisotopic (exact) mass is 238 g/mol. The molecule has 0 aliphatic heterocycles. The van der Waals surface area contributed by atoms with Crippen molar-refractivity contribution in [3.8, 4) is 0 Å². The Morgan fingerprint density at radius 1 is 1.35 bits per heavy atom. The number of hydrogen-bond donors (Lipinski definition) is 1. The molecule has 17 heavy (non-hydrogen) atoms. The van der Waals surface area contributed by atoms with Crippen LogP contribution in [0.15, 0.2) is 0 Å². The molecular weight excluding hydrogens is 220 g/mol. The fraction of sp³-hybridized carbons (Fsp3) is 0.500. The molecule has 1 rings (SSSR count). The quantitative estimate of drug-likeness (QED) is 0.804. The van der Waals surface area contributed by atoms with Crippen LogP contribution in [0.4, 0.5) is 0 Å². The Labute approximate surface area is 101 Å². The predicted octanol–water partition coefficient (Wildman–Crippen LogP) is 1.18. The maximum Gasteiger partial charge on any atom is 0.355 e. The van der Waals surface area contributed by atoms with E-state index in [1.54, 1.807) is 39.4 Å². The molecule has 1 amide bonds. The van der Waals surface area contributed by atoms with Crippen LogP contribution in [-0.4, -0.2) is 30.1 Å². The second kappa shape index (κ2) is 5.03. The van der Waals surface area contributed by atoms with Crippen molar-refractivity contribution in [3.05, 3.63) is 22.5 Å². The van der Waals surface area contributed by atoms with Crippen LogP contribution >= 0.6 is 0 Å². The Kier molecular flexibility index (Phi) is 3.93. The average molecular weight is 238 g/mol. The Balaban J connectivity index is 3.35. The summed E-state index contributed by atoms with van der Waals surface area (Å²) >= 11 is 0. The number of nitrogens with zero attached hydrogens (tertiary/aromatic N) is 1. The minimum atomic E-state index is -0.397. The molecule has 94 valence electrons. The molecule has 0 bridgehead atoms. The lowest BCUT2D eigenvalue weighted by Gasteiger charge is -2.05. The normalized spacial score (nSPS) is 10.2. The molecule has 1 aromatic rings. The first-order valence-corrected chi connectivity index (χ1v) is 5.50. The molecule has 0 aliphatic carbocycles. The van der Waals surface area contributed by atoms with Gasteiger partial charge in [-0.1, -0.05) is 0 Å². The van der Waals surface area contributed by atoms with E-state index in [0.717, 1.165) is 5.69 Å². The second-order valence-corrected chi connectivity index (χ2v) is 3.79. The molecule has 0 fully saturated rings. The number of carbonyl (C=O) groups excluding carboxylic acids is 2. The van der Waals surface area contributed by atoms with E-state index < -0.39 is 5.97 Å². The summed E-state index contributed by atoms with van der Waals surface area (Å²) in [5, 5.41) is 2.57. The van der Waals surface area contributed by atoms with Crippen molar-refractivity contribution in [3.63, 3.8) is 0 Å². The van der Waals surface area contributed by atoms with Gasteiger partial charge in [0.25, 0.3) is 5.91 Å². The molecule has 0 aromatic carbocycles. The highest BCUT2D eigenvalue weighted by Gasteiger charge is 2.24. The van der Waals surface area contributed by atoms with Gasteiger partial charge in [0.15, 0.2) is 0 Å². The van der Waals surface area contributed by atoms with Crippen LogP contribution in [-0.2, 0) is 11.8 Å². The fourth-order valence-electron chi connectivity index (χ4n) is 1.93. The summed E-state index contributed by atoms with van der Waals surface area (Å²) in [6.45, 7) is 5.63. The summed E-state index contributed by atoms with van der Waals surface area (Å²) < 4.78 is 6.67. The molecule has 1 N–H and O–H groups in total. The van der Waals surface area contributed by atoms with E-state index >= 15 is 0 Å². The molecular formula is C12H18N2O3. The summed E-state index contributed by atoms with van der Waals surface area (Å²) in [4.78, 5) is 23.5. The molecule has 0 saturated heterocycles. The van der Waals surface area contributed by atoms with Crippen LogP contribution < -0.4 is 5.32 Å². The topological polar surface area (TPSA) is 60.3 Å². The van der Waals surface area contributed by atoms with Crippen molar-refractivity contribution in [2.75, 3.05) is 13.7 Å². The number of rotatable bonds is 3. The molecule has 0 aliphatic rings. The summed E-state index contributed by atoms with van der Waals surface area (Å²) in [7, 11) is 3.32. The van der Waals surface area contributed by atoms with Crippen molar-refractivity contribution in [1.29, 1.82) is 0 Å². The third-order valence-electron chi connectivity index (χ3n) is 2.85. The molecule has 1 aromatic heterocycles. The number of amides is 1. The van der Waals surface area contributed by atoms with Crippen molar-refractivity contribution in [2.45, 2.75) is 20.8 Å². The van der Waals surface area contributed by atoms with Gasteiger partial charge in [0.1, 0.15) is 5.69 Å². The van der Waals surface area contributed by atoms with Crippen molar-refractivity contribution >= 4 is 11.9 Å². The lowest BCUT2D eigenvalue weighted by atomic mass is 10.1. The van der Waals surface area contributed by atoms with Crippen molar-refractivity contribution in [1.82, 2.24) is 9.88 Å². The minimum absolute atomic E-state index is 0.189. The number of ether oxygens (including phenoxy) is 1. The standard InChI is InChI=1S/C12H18N2O3/c1-6-17-12(16)10-7(2)9(11(15)13-4)8(3)14(10)5/h6H2,1-5H3,(H,13,15). The van der Waals surface area contributed by atoms with Gasteiger partial charge in [0, 0.05) is 19.8 Å². The zero-order chi connectivity index (χ0) is 13.2. The first-order valence-electron chi connectivity index (χ1n) is 5.50. The van der Waals surface area contributed by atoms with E-state index in [9.17, 15) is 9.59 Å². The van der Waals surface area contributed by atoms with E-state index in [0.29, 0.717) is 23.4 Å². The Bertz CT molecular complexity index is 461. The summed E-state index contributed by atoms with van der Waals surface area (Å²) in [5.74, 6) is -0.586. The zero-order valence-corrected chi connectivity index (χ0v) is 10.9. The molecule has 0 radical (unpaired) electrons. The number of hydrogen-bond acceptors (Lipinski definition) is 3. The van der Waals surface area contributed by atoms with E-state index in [2.05, 4.69) is 5.32 Å². The first kappa shape index (κ1) is 13.3. The highest BCUT2D eigenvalue weighted by atomic mass is 16.5. The minimum Gasteiger partial charge on any atom is -0.461 e. The van der Waals surface area contributed by atoms with Gasteiger partial charge in [0.05, 0.1) is 12.2 Å². The Morgan fingerprint density at radius 2 is 1.94 bits per heavy atom. The maximum atomic E-state index is 11.8. The van der Waals surface area contributed by atoms with Crippen LogP contribution in [0.25, 0.3) is 0 Å². The van der Waals surface area contributed by atoms with Gasteiger partial charge in [-0.25, -0.2) is 4.79 Å². The van der Waals surface area contributed by atoms with Gasteiger partial charge in [-0.2, -0.15) is 0 Å². The van der Waals surface area contributed by atoms with Crippen LogP contribution in [0.3, 0.4) is 0 Å². The Hall–Kier alpha value is -1.78. The molecule has 0 atom stereocenters. The van der Waals surface area contributed by atoms with Crippen molar-refractivity contribution in [2.24, 2.45) is 7.05 Å². The number of aromatic nitrogens is 1. The summed E-state index contributed by atoms with van der Waals surface area (Å²) in [6, 6.07) is 0. The van der Waals surface area contributed by atoms with Crippen LogP contribution in [0.1, 0.15) is 39.0 Å². The van der Waals surface area contributed by atoms with E-state index in [1.165, 1.54) is 0 Å². The molecule has 0 unspecified atom stereocenters. The van der Waals surface area contributed by atoms with Crippen molar-refractivity contribution < 1.29 is 14.3 Å². The molecule has 1 heterocycles. The van der Waals surface area contributed by atoms with E-state index in [-0.39, 0.29) is 5.91 Å². The summed E-state index contributed by atoms with van der Waals surface area (Å²) in [6.07, 6.45) is 0. The predicted molar refractivity (Wildman–Crippen MR) is 64.2 cm³/mol. The lowest BCUT2D eigenvalue weighted by Crippen LogP contribution is -2.19. The molecule has 0 saturated carbocycles. The first-order chi connectivity index (χ1) is 7.95. The van der Waals surface area contributed by atoms with E-state index in [4.69, 9.17) is 4.74 Å². The van der Waals surface area contributed by atoms with Gasteiger partial charge in [-0.3, -0.25) is 4.79 Å². The molecule has 5 heteroatoms. The third-order valence-corrected chi connectivity index (χ3v) is 2.85. The SMILES string of the molecule is CCOC(=O)c1c(C)c(C(=O)NC)c(C)n1C. The zero-order valence-electron chi connectivity index (χ0n) is 10.9. The van der Waals surface area contributed by atoms with Gasteiger partial charge >= 0.3 is 5.97 Å².